The highest BCUT2D eigenvalue weighted by molar-refractivity contribution is 7.89. The summed E-state index contributed by atoms with van der Waals surface area (Å²) in [6, 6.07) is 5.12. The third-order valence-corrected chi connectivity index (χ3v) is 5.60. The summed E-state index contributed by atoms with van der Waals surface area (Å²) in [6.45, 7) is 3.51. The minimum atomic E-state index is -3.82. The average molecular weight is 364 g/mol. The fourth-order valence-electron chi connectivity index (χ4n) is 2.25. The molecule has 0 saturated heterocycles. The molecule has 1 amide bonds. The van der Waals surface area contributed by atoms with Crippen LogP contribution in [0.25, 0.3) is 4.96 Å². The van der Waals surface area contributed by atoms with Gasteiger partial charge in [-0.05, 0) is 31.0 Å². The van der Waals surface area contributed by atoms with Crippen molar-refractivity contribution in [2.24, 2.45) is 0 Å². The van der Waals surface area contributed by atoms with E-state index in [9.17, 15) is 13.2 Å². The van der Waals surface area contributed by atoms with Gasteiger partial charge in [-0.25, -0.2) is 13.4 Å². The van der Waals surface area contributed by atoms with Crippen LogP contribution in [0.5, 0.6) is 0 Å². The molecule has 0 radical (unpaired) electrons. The Morgan fingerprint density at radius 3 is 2.88 bits per heavy atom. The number of hydrogen-bond acceptors (Lipinski definition) is 5. The number of nitrogens with one attached hydrogen (secondary N) is 2. The number of rotatable bonds is 5. The van der Waals surface area contributed by atoms with Crippen molar-refractivity contribution in [3.8, 4) is 0 Å². The van der Waals surface area contributed by atoms with Crippen LogP contribution < -0.4 is 10.3 Å². The zero-order valence-corrected chi connectivity index (χ0v) is 14.7. The average Bonchev–Trinajstić information content (AvgIpc) is 3.09. The lowest BCUT2D eigenvalue weighted by atomic mass is 10.2. The molecule has 2 N–H and O–H groups in total. The summed E-state index contributed by atoms with van der Waals surface area (Å²) in [5.41, 5.74) is 4.24. The number of aryl methyl sites for hydroxylation is 2. The molecule has 0 fully saturated rings. The number of carbonyl (C=O) groups is 1. The predicted octanol–water partition coefficient (Wildman–Crippen LogP) is 1.56. The first kappa shape index (κ1) is 16.6. The van der Waals surface area contributed by atoms with Crippen molar-refractivity contribution in [2.45, 2.75) is 25.2 Å². The summed E-state index contributed by atoms with van der Waals surface area (Å²) in [7, 11) is -3.82. The molecular weight excluding hydrogens is 348 g/mol. The van der Waals surface area contributed by atoms with Gasteiger partial charge in [0.1, 0.15) is 0 Å². The first-order chi connectivity index (χ1) is 11.3. The summed E-state index contributed by atoms with van der Waals surface area (Å²) >= 11 is 1.46. The van der Waals surface area contributed by atoms with E-state index in [-0.39, 0.29) is 11.3 Å². The van der Waals surface area contributed by atoms with Gasteiger partial charge in [0.15, 0.2) is 4.96 Å². The molecule has 2 heterocycles. The van der Waals surface area contributed by atoms with Crippen molar-refractivity contribution >= 4 is 32.2 Å². The number of hydrazine groups is 1. The second-order valence-corrected chi connectivity index (χ2v) is 7.95. The minimum absolute atomic E-state index is 0.0102. The maximum Gasteiger partial charge on any atom is 0.257 e. The van der Waals surface area contributed by atoms with Crippen molar-refractivity contribution in [3.63, 3.8) is 0 Å². The molecule has 126 valence electrons. The van der Waals surface area contributed by atoms with E-state index < -0.39 is 15.9 Å². The van der Waals surface area contributed by atoms with E-state index in [2.05, 4.69) is 15.2 Å². The van der Waals surface area contributed by atoms with Crippen molar-refractivity contribution in [1.29, 1.82) is 0 Å². The van der Waals surface area contributed by atoms with Gasteiger partial charge in [0.25, 0.3) is 10.0 Å². The molecule has 7 nitrogen and oxygen atoms in total. The number of aromatic nitrogens is 2. The maximum atomic E-state index is 12.3. The zero-order chi connectivity index (χ0) is 17.3. The number of fused-ring (bicyclic) bond motifs is 1. The summed E-state index contributed by atoms with van der Waals surface area (Å²) in [5.74, 6) is -0.477. The first-order valence-electron chi connectivity index (χ1n) is 7.14. The smallest absolute Gasteiger partial charge is 0.257 e. The molecule has 2 aromatic heterocycles. The summed E-state index contributed by atoms with van der Waals surface area (Å²) in [5, 5.41) is 1.89. The number of hydrogen-bond donors (Lipinski definition) is 2. The zero-order valence-electron chi connectivity index (χ0n) is 13.1. The van der Waals surface area contributed by atoms with Crippen LogP contribution in [0.3, 0.4) is 0 Å². The summed E-state index contributed by atoms with van der Waals surface area (Å²) < 4.78 is 26.4. The van der Waals surface area contributed by atoms with Gasteiger partial charge < -0.3 is 0 Å². The Morgan fingerprint density at radius 1 is 1.33 bits per heavy atom. The van der Waals surface area contributed by atoms with Gasteiger partial charge >= 0.3 is 0 Å². The van der Waals surface area contributed by atoms with Crippen LogP contribution in [-0.2, 0) is 21.2 Å². The number of nitrogens with zero attached hydrogens (tertiary/aromatic N) is 2. The van der Waals surface area contributed by atoms with Gasteiger partial charge in [0, 0.05) is 17.8 Å². The Bertz CT molecular complexity index is 976. The van der Waals surface area contributed by atoms with E-state index >= 15 is 0 Å². The van der Waals surface area contributed by atoms with Crippen LogP contribution in [0.1, 0.15) is 16.8 Å². The van der Waals surface area contributed by atoms with E-state index in [1.54, 1.807) is 32.2 Å². The molecular formula is C15H16N4O3S2. The Balaban J connectivity index is 1.66. The van der Waals surface area contributed by atoms with Gasteiger partial charge in [-0.2, -0.15) is 0 Å². The van der Waals surface area contributed by atoms with Crippen molar-refractivity contribution in [2.75, 3.05) is 0 Å². The molecule has 0 atom stereocenters. The molecule has 0 unspecified atom stereocenters. The highest BCUT2D eigenvalue weighted by Gasteiger charge is 2.18. The lowest BCUT2D eigenvalue weighted by Crippen LogP contribution is -2.42. The molecule has 0 bridgehead atoms. The first-order valence-corrected chi connectivity index (χ1v) is 9.50. The van der Waals surface area contributed by atoms with Crippen LogP contribution >= 0.6 is 11.3 Å². The monoisotopic (exact) mass is 364 g/mol. The van der Waals surface area contributed by atoms with Crippen LogP contribution in [0.4, 0.5) is 0 Å². The quantitative estimate of drug-likeness (QED) is 0.672. The summed E-state index contributed by atoms with van der Waals surface area (Å²) in [6.07, 6.45) is 3.58. The lowest BCUT2D eigenvalue weighted by Gasteiger charge is -2.10. The number of carbonyl (C=O) groups excluding carboxylic acids is 1. The highest BCUT2D eigenvalue weighted by atomic mass is 32.2. The Hall–Kier alpha value is -2.23. The Morgan fingerprint density at radius 2 is 2.12 bits per heavy atom. The van der Waals surface area contributed by atoms with Crippen LogP contribution in [-0.4, -0.2) is 23.7 Å². The van der Waals surface area contributed by atoms with E-state index in [0.29, 0.717) is 11.3 Å². The fourth-order valence-corrected chi connectivity index (χ4v) is 4.16. The van der Waals surface area contributed by atoms with Crippen molar-refractivity contribution < 1.29 is 13.2 Å². The molecule has 0 aliphatic heterocycles. The highest BCUT2D eigenvalue weighted by Crippen LogP contribution is 2.16. The molecule has 0 saturated carbocycles. The number of benzene rings is 1. The molecule has 0 spiro atoms. The molecule has 0 aliphatic rings. The van der Waals surface area contributed by atoms with E-state index in [0.717, 1.165) is 10.5 Å². The second kappa shape index (κ2) is 6.34. The minimum Gasteiger partial charge on any atom is -0.297 e. The van der Waals surface area contributed by atoms with Gasteiger partial charge in [0.2, 0.25) is 5.91 Å². The van der Waals surface area contributed by atoms with Gasteiger partial charge in [0.05, 0.1) is 17.0 Å². The Labute approximate surface area is 143 Å². The van der Waals surface area contributed by atoms with E-state index in [1.165, 1.54) is 11.3 Å². The van der Waals surface area contributed by atoms with Crippen molar-refractivity contribution in [3.05, 3.63) is 52.8 Å². The molecule has 9 heteroatoms. The predicted molar refractivity (Wildman–Crippen MR) is 91.2 cm³/mol. The number of sulfonamides is 1. The molecule has 3 aromatic rings. The number of imidazole rings is 1. The van der Waals surface area contributed by atoms with Crippen LogP contribution in [0.15, 0.2) is 40.9 Å². The third kappa shape index (κ3) is 3.48. The molecule has 0 aliphatic carbocycles. The lowest BCUT2D eigenvalue weighted by molar-refractivity contribution is -0.120. The molecule has 24 heavy (non-hydrogen) atoms. The Kier molecular flexibility index (Phi) is 4.39. The maximum absolute atomic E-state index is 12.3. The number of thiazole rings is 1. The second-order valence-electron chi connectivity index (χ2n) is 5.42. The topological polar surface area (TPSA) is 92.6 Å². The SMILES string of the molecule is Cc1ccc(C)c(S(=O)(=O)NNC(=O)Cc2cn3ccsc3n2)c1. The number of amides is 1. The van der Waals surface area contributed by atoms with Gasteiger partial charge in [-0.1, -0.05) is 12.1 Å². The molecule has 1 aromatic carbocycles. The largest absolute Gasteiger partial charge is 0.297 e. The van der Waals surface area contributed by atoms with Crippen LogP contribution in [0.2, 0.25) is 0 Å². The third-order valence-electron chi connectivity index (χ3n) is 3.44. The van der Waals surface area contributed by atoms with E-state index in [1.807, 2.05) is 22.0 Å². The van der Waals surface area contributed by atoms with Crippen LogP contribution in [0, 0.1) is 13.8 Å². The van der Waals surface area contributed by atoms with E-state index in [4.69, 9.17) is 0 Å². The fraction of sp³-hybridized carbons (Fsp3) is 0.200. The van der Waals surface area contributed by atoms with Gasteiger partial charge in [-0.3, -0.25) is 14.6 Å². The molecule has 3 rings (SSSR count). The summed E-state index contributed by atoms with van der Waals surface area (Å²) in [4.78, 5) is 19.3. The van der Waals surface area contributed by atoms with Gasteiger partial charge in [-0.15, -0.1) is 16.2 Å². The normalized spacial score (nSPS) is 11.8. The van der Waals surface area contributed by atoms with Crippen molar-refractivity contribution in [1.82, 2.24) is 19.6 Å². The standard InChI is InChI=1S/C15H16N4O3S2/c1-10-3-4-11(2)13(7-10)24(21,22)18-17-14(20)8-12-9-19-5-6-23-15(19)16-12/h3-7,9,18H,8H2,1-2H3,(H,17,20).